The van der Waals surface area contributed by atoms with E-state index >= 15 is 0 Å². The molecule has 140 valence electrons. The lowest BCUT2D eigenvalue weighted by Gasteiger charge is -2.26. The van der Waals surface area contributed by atoms with Crippen LogP contribution < -0.4 is 4.74 Å². The Morgan fingerprint density at radius 3 is 2.79 bits per heavy atom. The first-order valence-corrected chi connectivity index (χ1v) is 10.2. The summed E-state index contributed by atoms with van der Waals surface area (Å²) in [6.45, 7) is 1.63. The van der Waals surface area contributed by atoms with E-state index in [1.165, 1.54) is 10.4 Å². The largest absolute Gasteiger partial charge is 0.489 e. The van der Waals surface area contributed by atoms with Crippen LogP contribution in [0.25, 0.3) is 11.0 Å². The Balaban J connectivity index is 1.47. The molecule has 0 radical (unpaired) electrons. The molecule has 2 aromatic carbocycles. The summed E-state index contributed by atoms with van der Waals surface area (Å²) in [5, 5.41) is 3.02. The van der Waals surface area contributed by atoms with Crippen molar-refractivity contribution in [1.82, 2.24) is 4.90 Å². The van der Waals surface area contributed by atoms with Gasteiger partial charge < -0.3 is 14.1 Å². The minimum Gasteiger partial charge on any atom is -0.489 e. The molecule has 0 N–H and O–H groups in total. The normalized spacial score (nSPS) is 13.5. The van der Waals surface area contributed by atoms with E-state index in [9.17, 15) is 4.79 Å². The van der Waals surface area contributed by atoms with E-state index in [1.54, 1.807) is 11.3 Å². The van der Waals surface area contributed by atoms with E-state index in [2.05, 4.69) is 11.4 Å². The average Bonchev–Trinajstić information content (AvgIpc) is 3.36. The Labute approximate surface area is 167 Å². The Hall–Kier alpha value is -3.05. The average molecular weight is 389 g/mol. The lowest BCUT2D eigenvalue weighted by Crippen LogP contribution is -2.35. The zero-order valence-electron chi connectivity index (χ0n) is 15.3. The van der Waals surface area contributed by atoms with Crippen molar-refractivity contribution >= 4 is 28.2 Å². The van der Waals surface area contributed by atoms with Crippen LogP contribution in [-0.2, 0) is 19.6 Å². The smallest absolute Gasteiger partial charge is 0.290 e. The second-order valence-electron chi connectivity index (χ2n) is 6.85. The van der Waals surface area contributed by atoms with Gasteiger partial charge in [-0.15, -0.1) is 11.3 Å². The fourth-order valence-electron chi connectivity index (χ4n) is 3.65. The monoisotopic (exact) mass is 389 g/mol. The van der Waals surface area contributed by atoms with Gasteiger partial charge in [0.15, 0.2) is 5.76 Å². The van der Waals surface area contributed by atoms with Crippen molar-refractivity contribution in [3.8, 4) is 5.75 Å². The molecular weight excluding hydrogens is 370 g/mol. The van der Waals surface area contributed by atoms with Crippen LogP contribution in [0.5, 0.6) is 5.75 Å². The van der Waals surface area contributed by atoms with Gasteiger partial charge in [-0.2, -0.15) is 0 Å². The van der Waals surface area contributed by atoms with Crippen LogP contribution in [0.2, 0.25) is 0 Å². The highest BCUT2D eigenvalue weighted by Crippen LogP contribution is 2.30. The van der Waals surface area contributed by atoms with Crippen LogP contribution >= 0.6 is 11.3 Å². The van der Waals surface area contributed by atoms with Crippen molar-refractivity contribution in [2.45, 2.75) is 19.6 Å². The van der Waals surface area contributed by atoms with E-state index in [4.69, 9.17) is 9.15 Å². The molecule has 0 saturated carbocycles. The Bertz CT molecular complexity index is 1130. The molecular formula is C23H19NO3S. The maximum absolute atomic E-state index is 13.3. The molecule has 1 aliphatic heterocycles. The van der Waals surface area contributed by atoms with Crippen LogP contribution in [0.3, 0.4) is 0 Å². The second kappa shape index (κ2) is 7.17. The molecule has 1 aliphatic rings. The van der Waals surface area contributed by atoms with Gasteiger partial charge in [-0.3, -0.25) is 4.79 Å². The molecule has 0 spiro atoms. The molecule has 3 heterocycles. The number of rotatable bonds is 4. The quantitative estimate of drug-likeness (QED) is 0.477. The number of furan rings is 1. The lowest BCUT2D eigenvalue weighted by molar-refractivity contribution is 0.0702. The summed E-state index contributed by atoms with van der Waals surface area (Å²) in [5.41, 5.74) is 2.76. The second-order valence-corrected chi connectivity index (χ2v) is 7.85. The SMILES string of the molecule is O=C(c1oc2ccccc2c1COc1ccccc1)N1CCc2sccc2C1. The van der Waals surface area contributed by atoms with Crippen LogP contribution in [0, 0.1) is 0 Å². The predicted molar refractivity (Wildman–Crippen MR) is 110 cm³/mol. The highest BCUT2D eigenvalue weighted by molar-refractivity contribution is 7.10. The van der Waals surface area contributed by atoms with Gasteiger partial charge in [-0.1, -0.05) is 36.4 Å². The first-order valence-electron chi connectivity index (χ1n) is 9.32. The minimum absolute atomic E-state index is 0.0697. The first-order chi connectivity index (χ1) is 13.8. The molecule has 0 atom stereocenters. The van der Waals surface area contributed by atoms with Crippen molar-refractivity contribution in [2.24, 2.45) is 0 Å². The van der Waals surface area contributed by atoms with Gasteiger partial charge in [0.1, 0.15) is 17.9 Å². The topological polar surface area (TPSA) is 42.7 Å². The standard InChI is InChI=1S/C23H19NO3S/c25-23(24-12-10-21-16(14-24)11-13-28-21)22-19(15-26-17-6-2-1-3-7-17)18-8-4-5-9-20(18)27-22/h1-9,11,13H,10,12,14-15H2. The zero-order chi connectivity index (χ0) is 18.9. The third kappa shape index (κ3) is 3.08. The van der Waals surface area contributed by atoms with Gasteiger partial charge in [0.25, 0.3) is 5.91 Å². The van der Waals surface area contributed by atoms with Gasteiger partial charge in [0.05, 0.1) is 0 Å². The molecule has 5 heteroatoms. The Kier molecular flexibility index (Phi) is 4.37. The number of thiophene rings is 1. The fourth-order valence-corrected chi connectivity index (χ4v) is 4.54. The molecule has 4 nitrogen and oxygen atoms in total. The summed E-state index contributed by atoms with van der Waals surface area (Å²) in [6.07, 6.45) is 0.898. The number of hydrogen-bond donors (Lipinski definition) is 0. The van der Waals surface area contributed by atoms with Crippen LogP contribution in [-0.4, -0.2) is 17.4 Å². The van der Waals surface area contributed by atoms with Crippen molar-refractivity contribution in [3.63, 3.8) is 0 Å². The molecule has 4 aromatic rings. The number of amides is 1. The summed E-state index contributed by atoms with van der Waals surface area (Å²) >= 11 is 1.77. The molecule has 28 heavy (non-hydrogen) atoms. The van der Waals surface area contributed by atoms with Gasteiger partial charge in [-0.05, 0) is 41.6 Å². The van der Waals surface area contributed by atoms with Crippen LogP contribution in [0.15, 0.2) is 70.5 Å². The number of para-hydroxylation sites is 2. The fraction of sp³-hybridized carbons (Fsp3) is 0.174. The Morgan fingerprint density at radius 2 is 1.89 bits per heavy atom. The summed E-state index contributed by atoms with van der Waals surface area (Å²) < 4.78 is 12.0. The molecule has 0 aliphatic carbocycles. The number of carbonyl (C=O) groups is 1. The maximum atomic E-state index is 13.3. The number of benzene rings is 2. The number of nitrogens with zero attached hydrogens (tertiary/aromatic N) is 1. The first kappa shape index (κ1) is 17.1. The molecule has 0 fully saturated rings. The Morgan fingerprint density at radius 1 is 1.07 bits per heavy atom. The molecule has 5 rings (SSSR count). The zero-order valence-corrected chi connectivity index (χ0v) is 16.1. The molecule has 0 saturated heterocycles. The van der Waals surface area contributed by atoms with Gasteiger partial charge in [-0.25, -0.2) is 0 Å². The van der Waals surface area contributed by atoms with Crippen molar-refractivity contribution < 1.29 is 13.9 Å². The van der Waals surface area contributed by atoms with E-state index in [-0.39, 0.29) is 5.91 Å². The van der Waals surface area contributed by atoms with Crippen molar-refractivity contribution in [2.75, 3.05) is 6.54 Å². The molecule has 2 aromatic heterocycles. The van der Waals surface area contributed by atoms with Crippen molar-refractivity contribution in [3.05, 3.63) is 87.8 Å². The lowest BCUT2D eigenvalue weighted by atomic mass is 10.1. The van der Waals surface area contributed by atoms with Crippen LogP contribution in [0.4, 0.5) is 0 Å². The number of ether oxygens (including phenoxy) is 1. The minimum atomic E-state index is -0.0697. The molecule has 1 amide bonds. The summed E-state index contributed by atoms with van der Waals surface area (Å²) in [4.78, 5) is 16.6. The summed E-state index contributed by atoms with van der Waals surface area (Å²) in [6, 6.07) is 19.5. The predicted octanol–water partition coefficient (Wildman–Crippen LogP) is 5.27. The summed E-state index contributed by atoms with van der Waals surface area (Å²) in [7, 11) is 0. The van der Waals surface area contributed by atoms with E-state index in [0.29, 0.717) is 31.0 Å². The van der Waals surface area contributed by atoms with Gasteiger partial charge >= 0.3 is 0 Å². The highest BCUT2D eigenvalue weighted by atomic mass is 32.1. The third-order valence-corrected chi connectivity index (χ3v) is 6.14. The van der Waals surface area contributed by atoms with Crippen molar-refractivity contribution in [1.29, 1.82) is 0 Å². The van der Waals surface area contributed by atoms with Gasteiger partial charge in [0.2, 0.25) is 0 Å². The van der Waals surface area contributed by atoms with E-state index in [0.717, 1.165) is 23.1 Å². The van der Waals surface area contributed by atoms with E-state index in [1.807, 2.05) is 59.5 Å². The molecule has 0 unspecified atom stereocenters. The van der Waals surface area contributed by atoms with E-state index < -0.39 is 0 Å². The van der Waals surface area contributed by atoms with Gasteiger partial charge in [0, 0.05) is 28.9 Å². The number of hydrogen-bond acceptors (Lipinski definition) is 4. The molecule has 0 bridgehead atoms. The number of carbonyl (C=O) groups excluding carboxylic acids is 1. The highest BCUT2D eigenvalue weighted by Gasteiger charge is 2.28. The number of fused-ring (bicyclic) bond motifs is 2. The summed E-state index contributed by atoms with van der Waals surface area (Å²) in [5.74, 6) is 1.09. The third-order valence-electron chi connectivity index (χ3n) is 5.11. The van der Waals surface area contributed by atoms with Crippen LogP contribution in [0.1, 0.15) is 26.6 Å². The maximum Gasteiger partial charge on any atom is 0.290 e.